The number of hydrogen-bond donors (Lipinski definition) is 2. The summed E-state index contributed by atoms with van der Waals surface area (Å²) in [6.45, 7) is 8.77. The van der Waals surface area contributed by atoms with Crippen LogP contribution >= 0.6 is 0 Å². The molecule has 7 rings (SSSR count). The molecule has 42 heavy (non-hydrogen) atoms. The van der Waals surface area contributed by atoms with Gasteiger partial charge >= 0.3 is 0 Å². The van der Waals surface area contributed by atoms with Crippen LogP contribution in [0, 0.1) is 29.2 Å². The van der Waals surface area contributed by atoms with Crippen LogP contribution in [0.25, 0.3) is 0 Å². The second kappa shape index (κ2) is 11.4. The van der Waals surface area contributed by atoms with Gasteiger partial charge in [-0.1, -0.05) is 57.6 Å². The highest BCUT2D eigenvalue weighted by molar-refractivity contribution is 6.84. The number of carbonyl (C=O) groups is 1. The molecule has 0 saturated heterocycles. The van der Waals surface area contributed by atoms with E-state index in [1.165, 1.54) is 24.0 Å². The molecule has 2 unspecified atom stereocenters. The topological polar surface area (TPSA) is 61.8 Å². The molecule has 224 valence electrons. The van der Waals surface area contributed by atoms with Crippen molar-refractivity contribution in [3.05, 3.63) is 59.2 Å². The lowest BCUT2D eigenvalue weighted by Crippen LogP contribution is -2.58. The molecule has 1 heterocycles. The van der Waals surface area contributed by atoms with E-state index in [9.17, 15) is 9.90 Å². The zero-order valence-electron chi connectivity index (χ0n) is 26.1. The van der Waals surface area contributed by atoms with E-state index in [0.717, 1.165) is 61.9 Å². The normalized spacial score (nSPS) is 31.2. The third-order valence-corrected chi connectivity index (χ3v) is 11.1. The Labute approximate surface area is 253 Å². The molecule has 4 saturated carbocycles. The van der Waals surface area contributed by atoms with Crippen molar-refractivity contribution >= 4 is 19.7 Å². The van der Waals surface area contributed by atoms with Crippen molar-refractivity contribution in [1.82, 2.24) is 4.90 Å². The zero-order valence-corrected chi connectivity index (χ0v) is 27.1. The lowest BCUT2D eigenvalue weighted by atomic mass is 9.52. The number of nitrogens with one attached hydrogen (secondary N) is 1. The van der Waals surface area contributed by atoms with Crippen molar-refractivity contribution in [2.45, 2.75) is 108 Å². The average Bonchev–Trinajstić information content (AvgIpc) is 2.94. The second-order valence-corrected chi connectivity index (χ2v) is 19.4. The first-order chi connectivity index (χ1) is 20.1. The number of hydrogen-bond acceptors (Lipinski definition) is 4. The maximum Gasteiger partial charge on any atom is 0.298 e. The van der Waals surface area contributed by atoms with Gasteiger partial charge in [0.25, 0.3) is 5.91 Å². The van der Waals surface area contributed by atoms with Crippen molar-refractivity contribution in [3.63, 3.8) is 0 Å². The van der Waals surface area contributed by atoms with Gasteiger partial charge in [-0.25, -0.2) is 0 Å². The van der Waals surface area contributed by atoms with Gasteiger partial charge in [0.15, 0.2) is 0 Å². The zero-order chi connectivity index (χ0) is 29.6. The van der Waals surface area contributed by atoms with Gasteiger partial charge in [-0.15, -0.1) is 5.54 Å². The average molecular weight is 585 g/mol. The Balaban J connectivity index is 1.32. The minimum absolute atomic E-state index is 0.0567. The minimum Gasteiger partial charge on any atom is -0.497 e. The van der Waals surface area contributed by atoms with Crippen molar-refractivity contribution in [2.24, 2.45) is 17.8 Å². The van der Waals surface area contributed by atoms with Gasteiger partial charge in [0, 0.05) is 17.8 Å². The Bertz CT molecular complexity index is 1350. The quantitative estimate of drug-likeness (QED) is 0.273. The van der Waals surface area contributed by atoms with Gasteiger partial charge in [0.2, 0.25) is 0 Å². The van der Waals surface area contributed by atoms with E-state index in [4.69, 9.17) is 4.74 Å². The molecule has 1 amide bonds. The third-order valence-electron chi connectivity index (χ3n) is 10.2. The summed E-state index contributed by atoms with van der Waals surface area (Å²) in [6, 6.07) is 15.5. The van der Waals surface area contributed by atoms with Gasteiger partial charge in [0.05, 0.1) is 18.8 Å². The Kier molecular flexibility index (Phi) is 7.95. The molecule has 4 aliphatic carbocycles. The molecular formula is C36H48N2O3Si. The van der Waals surface area contributed by atoms with Crippen molar-refractivity contribution in [1.29, 1.82) is 0 Å². The molecule has 1 aliphatic heterocycles. The first kappa shape index (κ1) is 29.3. The van der Waals surface area contributed by atoms with E-state index >= 15 is 0 Å². The van der Waals surface area contributed by atoms with Crippen LogP contribution in [0.15, 0.2) is 42.5 Å². The summed E-state index contributed by atoms with van der Waals surface area (Å²) in [7, 11) is 0.00564. The van der Waals surface area contributed by atoms with E-state index in [-0.39, 0.29) is 18.0 Å². The molecule has 0 radical (unpaired) electrons. The van der Waals surface area contributed by atoms with Crippen LogP contribution in [-0.4, -0.2) is 48.8 Å². The van der Waals surface area contributed by atoms with E-state index in [1.54, 1.807) is 7.11 Å². The summed E-state index contributed by atoms with van der Waals surface area (Å²) < 4.78 is 5.60. The number of fused-ring (bicyclic) bond motifs is 1. The van der Waals surface area contributed by atoms with Gasteiger partial charge < -0.3 is 20.1 Å². The highest BCUT2D eigenvalue weighted by Gasteiger charge is 2.54. The fourth-order valence-electron chi connectivity index (χ4n) is 8.65. The van der Waals surface area contributed by atoms with Crippen LogP contribution in [0.3, 0.4) is 0 Å². The number of carbonyl (C=O) groups excluding carboxylic acids is 1. The predicted molar refractivity (Wildman–Crippen MR) is 172 cm³/mol. The standard InChI is InChI=1S/C36H48N2O3Si/c1-6-7-8-30-19-26-20-31(41-2)13-14-32(26)35(38(30)33(39)15-16-42(3,4)5)25-9-11-29(12-10-25)37-34-27-17-24-18-28(34)23-36(40,21-24)22-27/h9-14,20,24,27-28,30,34-35,37,40H,6-8,17-19,21-23H2,1-5H3/t24?,27?,28?,30-,34?,35-,36?/m0/s1. The predicted octanol–water partition coefficient (Wildman–Crippen LogP) is 6.96. The largest absolute Gasteiger partial charge is 0.497 e. The molecule has 4 bridgehead atoms. The van der Waals surface area contributed by atoms with Gasteiger partial charge in [-0.3, -0.25) is 4.79 Å². The van der Waals surface area contributed by atoms with Crippen LogP contribution in [0.5, 0.6) is 5.75 Å². The van der Waals surface area contributed by atoms with Crippen LogP contribution in [0.1, 0.15) is 81.0 Å². The Hall–Kier alpha value is -2.75. The number of anilines is 1. The Morgan fingerprint density at radius 1 is 1.10 bits per heavy atom. The van der Waals surface area contributed by atoms with Crippen molar-refractivity contribution < 1.29 is 14.6 Å². The highest BCUT2D eigenvalue weighted by atomic mass is 28.3. The molecule has 2 aromatic rings. The smallest absolute Gasteiger partial charge is 0.298 e. The molecular weight excluding hydrogens is 536 g/mol. The number of amides is 1. The third kappa shape index (κ3) is 5.88. The first-order valence-electron chi connectivity index (χ1n) is 16.2. The number of unbranched alkanes of at least 4 members (excludes halogenated alkanes) is 1. The Morgan fingerprint density at radius 2 is 1.81 bits per heavy atom. The summed E-state index contributed by atoms with van der Waals surface area (Å²) in [5.74, 6) is 5.70. The molecule has 5 nitrogen and oxygen atoms in total. The van der Waals surface area contributed by atoms with E-state index in [1.807, 2.05) is 6.07 Å². The summed E-state index contributed by atoms with van der Waals surface area (Å²) in [6.07, 6.45) is 9.31. The fourth-order valence-corrected chi connectivity index (χ4v) is 9.13. The van der Waals surface area contributed by atoms with Crippen LogP contribution < -0.4 is 10.1 Å². The molecule has 4 atom stereocenters. The lowest BCUT2D eigenvalue weighted by molar-refractivity contribution is -0.130. The highest BCUT2D eigenvalue weighted by Crippen LogP contribution is 2.56. The van der Waals surface area contributed by atoms with Crippen molar-refractivity contribution in [2.75, 3.05) is 12.4 Å². The summed E-state index contributed by atoms with van der Waals surface area (Å²) >= 11 is 0. The van der Waals surface area contributed by atoms with Gasteiger partial charge in [0.1, 0.15) is 13.8 Å². The molecule has 0 aromatic heterocycles. The van der Waals surface area contributed by atoms with Gasteiger partial charge in [-0.05, 0) is 110 Å². The molecule has 2 N–H and O–H groups in total. The number of methoxy groups -OCH3 is 1. The van der Waals surface area contributed by atoms with Crippen molar-refractivity contribution in [3.8, 4) is 17.2 Å². The summed E-state index contributed by atoms with van der Waals surface area (Å²) in [4.78, 5) is 16.0. The van der Waals surface area contributed by atoms with E-state index < -0.39 is 13.7 Å². The maximum absolute atomic E-state index is 13.9. The summed E-state index contributed by atoms with van der Waals surface area (Å²) in [5.41, 5.74) is 7.61. The van der Waals surface area contributed by atoms with Crippen LogP contribution in [-0.2, 0) is 11.2 Å². The molecule has 2 aromatic carbocycles. The molecule has 5 aliphatic rings. The monoisotopic (exact) mass is 584 g/mol. The molecule has 4 fully saturated rings. The molecule has 6 heteroatoms. The van der Waals surface area contributed by atoms with Gasteiger partial charge in [-0.2, -0.15) is 0 Å². The maximum atomic E-state index is 13.9. The number of nitrogens with zero attached hydrogens (tertiary/aromatic N) is 1. The van der Waals surface area contributed by atoms with Crippen LogP contribution in [0.2, 0.25) is 19.6 Å². The molecule has 0 spiro atoms. The number of benzene rings is 2. The fraction of sp³-hybridized carbons (Fsp3) is 0.583. The van der Waals surface area contributed by atoms with E-state index in [2.05, 4.69) is 84.6 Å². The van der Waals surface area contributed by atoms with Crippen LogP contribution in [0.4, 0.5) is 5.69 Å². The lowest BCUT2D eigenvalue weighted by Gasteiger charge is -2.58. The second-order valence-electron chi connectivity index (χ2n) is 14.7. The SMILES string of the molecule is CCCC[C@H]1Cc2cc(OC)ccc2[C@H](c2ccc(NC3C4CC5CC3CC(O)(C5)C4)cc2)N1C(=O)C#C[Si](C)(C)C. The first-order valence-corrected chi connectivity index (χ1v) is 19.7. The minimum atomic E-state index is -1.71. The Morgan fingerprint density at radius 3 is 2.43 bits per heavy atom. The number of aliphatic hydroxyl groups is 1. The number of ether oxygens (including phenoxy) is 1. The van der Waals surface area contributed by atoms with E-state index in [0.29, 0.717) is 23.8 Å². The number of rotatable bonds is 7. The summed E-state index contributed by atoms with van der Waals surface area (Å²) in [5, 5.41) is 14.9.